The van der Waals surface area contributed by atoms with Crippen LogP contribution >= 0.6 is 0 Å². The molecule has 5 rings (SSSR count). The van der Waals surface area contributed by atoms with Crippen molar-refractivity contribution in [2.24, 2.45) is 0 Å². The average Bonchev–Trinajstić information content (AvgIpc) is 3.59. The number of carboxylic acid groups (broad SMARTS) is 1. The van der Waals surface area contributed by atoms with Gasteiger partial charge in [-0.15, -0.1) is 0 Å². The van der Waals surface area contributed by atoms with Gasteiger partial charge in [-0.05, 0) is 37.0 Å². The molecule has 166 valence electrons. The number of hydrogen-bond acceptors (Lipinski definition) is 4. The molecule has 0 radical (unpaired) electrons. The monoisotopic (exact) mass is 443 g/mol. The van der Waals surface area contributed by atoms with E-state index in [9.17, 15) is 23.5 Å². The van der Waals surface area contributed by atoms with Gasteiger partial charge in [0.2, 0.25) is 5.43 Å². The number of aromatic nitrogens is 1. The lowest BCUT2D eigenvalue weighted by Gasteiger charge is -2.32. The lowest BCUT2D eigenvalue weighted by molar-refractivity contribution is 0.0695. The van der Waals surface area contributed by atoms with E-state index in [1.54, 1.807) is 0 Å². The zero-order valence-electron chi connectivity index (χ0n) is 17.0. The summed E-state index contributed by atoms with van der Waals surface area (Å²) in [4.78, 5) is 26.6. The molecule has 1 saturated heterocycles. The van der Waals surface area contributed by atoms with Gasteiger partial charge in [0, 0.05) is 44.0 Å². The van der Waals surface area contributed by atoms with E-state index in [0.29, 0.717) is 43.5 Å². The number of nitrogens with one attached hydrogen (secondary N) is 1. The summed E-state index contributed by atoms with van der Waals surface area (Å²) in [5, 5.41) is 12.6. The number of fused-ring (bicyclic) bond motifs is 1. The Morgan fingerprint density at radius 3 is 2.41 bits per heavy atom. The van der Waals surface area contributed by atoms with Gasteiger partial charge in [-0.3, -0.25) is 4.79 Å². The minimum Gasteiger partial charge on any atom is -0.477 e. The van der Waals surface area contributed by atoms with Crippen LogP contribution in [0, 0.1) is 17.5 Å². The highest BCUT2D eigenvalue weighted by Crippen LogP contribution is 2.49. The SMILES string of the molecule is O=C(O)c1cn(-c2ccc(F)cc2F)c2c(C3CC3)c(N3CCNCC3)c(F)cc2c1=O. The van der Waals surface area contributed by atoms with Crippen LogP contribution in [0.25, 0.3) is 16.6 Å². The zero-order valence-corrected chi connectivity index (χ0v) is 17.0. The highest BCUT2D eigenvalue weighted by atomic mass is 19.1. The third-order valence-electron chi connectivity index (χ3n) is 6.07. The summed E-state index contributed by atoms with van der Waals surface area (Å²) < 4.78 is 45.1. The van der Waals surface area contributed by atoms with Crippen molar-refractivity contribution in [3.05, 3.63) is 69.3 Å². The van der Waals surface area contributed by atoms with E-state index in [2.05, 4.69) is 5.32 Å². The predicted molar refractivity (Wildman–Crippen MR) is 113 cm³/mol. The molecule has 1 aromatic heterocycles. The van der Waals surface area contributed by atoms with Gasteiger partial charge in [0.15, 0.2) is 0 Å². The van der Waals surface area contributed by atoms with Crippen molar-refractivity contribution in [1.82, 2.24) is 9.88 Å². The third kappa shape index (κ3) is 3.33. The molecule has 9 heteroatoms. The number of rotatable bonds is 4. The third-order valence-corrected chi connectivity index (χ3v) is 6.07. The fourth-order valence-electron chi connectivity index (χ4n) is 4.47. The van der Waals surface area contributed by atoms with Gasteiger partial charge in [0.1, 0.15) is 23.0 Å². The molecule has 2 fully saturated rings. The van der Waals surface area contributed by atoms with Crippen molar-refractivity contribution in [3.8, 4) is 5.69 Å². The number of carbonyl (C=O) groups is 1. The Morgan fingerprint density at radius 1 is 1.06 bits per heavy atom. The number of hydrogen-bond donors (Lipinski definition) is 2. The highest BCUT2D eigenvalue weighted by Gasteiger charge is 2.35. The predicted octanol–water partition coefficient (Wildman–Crippen LogP) is 3.39. The van der Waals surface area contributed by atoms with Crippen LogP contribution < -0.4 is 15.6 Å². The Labute approximate surface area is 180 Å². The summed E-state index contributed by atoms with van der Waals surface area (Å²) in [6, 6.07) is 3.98. The number of piperazine rings is 1. The number of carboxylic acids is 1. The first-order chi connectivity index (χ1) is 15.4. The maximum Gasteiger partial charge on any atom is 0.341 e. The normalized spacial score (nSPS) is 16.5. The van der Waals surface area contributed by atoms with Crippen LogP contribution in [0.5, 0.6) is 0 Å². The topological polar surface area (TPSA) is 74.6 Å². The van der Waals surface area contributed by atoms with Crippen LogP contribution in [0.2, 0.25) is 0 Å². The van der Waals surface area contributed by atoms with Crippen molar-refractivity contribution < 1.29 is 23.1 Å². The molecule has 1 aliphatic carbocycles. The van der Waals surface area contributed by atoms with E-state index >= 15 is 4.39 Å². The maximum absolute atomic E-state index is 15.5. The fraction of sp³-hybridized carbons (Fsp3) is 0.304. The van der Waals surface area contributed by atoms with Crippen LogP contribution in [-0.4, -0.2) is 41.8 Å². The molecule has 0 amide bonds. The molecular formula is C23H20F3N3O3. The van der Waals surface area contributed by atoms with Crippen LogP contribution in [-0.2, 0) is 0 Å². The molecule has 2 N–H and O–H groups in total. The van der Waals surface area contributed by atoms with Gasteiger partial charge in [-0.25, -0.2) is 18.0 Å². The van der Waals surface area contributed by atoms with Crippen LogP contribution in [0.3, 0.4) is 0 Å². The van der Waals surface area contributed by atoms with E-state index in [1.165, 1.54) is 10.6 Å². The maximum atomic E-state index is 15.5. The van der Waals surface area contributed by atoms with Crippen molar-refractivity contribution >= 4 is 22.6 Å². The molecule has 1 aliphatic heterocycles. The van der Waals surface area contributed by atoms with Gasteiger partial charge in [-0.2, -0.15) is 0 Å². The Morgan fingerprint density at radius 2 is 1.78 bits per heavy atom. The first kappa shape index (κ1) is 20.6. The van der Waals surface area contributed by atoms with Gasteiger partial charge in [0.25, 0.3) is 0 Å². The minimum atomic E-state index is -1.51. The van der Waals surface area contributed by atoms with Crippen molar-refractivity contribution in [1.29, 1.82) is 0 Å². The molecule has 0 unspecified atom stereocenters. The van der Waals surface area contributed by atoms with Crippen LogP contribution in [0.4, 0.5) is 18.9 Å². The summed E-state index contributed by atoms with van der Waals surface area (Å²) in [6.07, 6.45) is 2.60. The summed E-state index contributed by atoms with van der Waals surface area (Å²) in [5.74, 6) is -3.85. The standard InChI is InChI=1S/C23H20F3N3O3/c24-13-3-4-18(16(25)9-13)29-11-15(23(31)32)22(30)14-10-17(26)21(28-7-5-27-6-8-28)19(20(14)29)12-1-2-12/h3-4,9-12,27H,1-2,5-8H2,(H,31,32). The molecule has 32 heavy (non-hydrogen) atoms. The van der Waals surface area contributed by atoms with E-state index in [4.69, 9.17) is 0 Å². The number of pyridine rings is 1. The van der Waals surface area contributed by atoms with Gasteiger partial charge >= 0.3 is 5.97 Å². The zero-order chi connectivity index (χ0) is 22.6. The Hall–Kier alpha value is -3.33. The molecule has 0 spiro atoms. The van der Waals surface area contributed by atoms with Crippen LogP contribution in [0.15, 0.2) is 35.3 Å². The molecule has 2 heterocycles. The first-order valence-corrected chi connectivity index (χ1v) is 10.4. The summed E-state index contributed by atoms with van der Waals surface area (Å²) in [6.45, 7) is 2.45. The lowest BCUT2D eigenvalue weighted by atomic mass is 9.99. The number of nitrogens with zero attached hydrogens (tertiary/aromatic N) is 2. The highest BCUT2D eigenvalue weighted by molar-refractivity contribution is 5.96. The summed E-state index contributed by atoms with van der Waals surface area (Å²) >= 11 is 0. The van der Waals surface area contributed by atoms with Crippen molar-refractivity contribution in [3.63, 3.8) is 0 Å². The first-order valence-electron chi connectivity index (χ1n) is 10.4. The van der Waals surface area contributed by atoms with E-state index in [1.807, 2.05) is 4.90 Å². The summed E-state index contributed by atoms with van der Waals surface area (Å²) in [5.41, 5.74) is -0.363. The molecule has 2 aromatic carbocycles. The van der Waals surface area contributed by atoms with Gasteiger partial charge < -0.3 is 19.9 Å². The molecule has 0 bridgehead atoms. The Balaban J connectivity index is 1.92. The van der Waals surface area contributed by atoms with E-state index in [0.717, 1.165) is 31.2 Å². The van der Waals surface area contributed by atoms with Gasteiger partial charge in [-0.1, -0.05) is 0 Å². The Bertz CT molecular complexity index is 1310. The smallest absolute Gasteiger partial charge is 0.341 e. The fourth-order valence-corrected chi connectivity index (χ4v) is 4.47. The minimum absolute atomic E-state index is 0.0390. The largest absolute Gasteiger partial charge is 0.477 e. The number of halogens is 3. The molecule has 3 aromatic rings. The van der Waals surface area contributed by atoms with Crippen molar-refractivity contribution in [2.75, 3.05) is 31.1 Å². The molecule has 2 aliphatic rings. The van der Waals surface area contributed by atoms with Crippen molar-refractivity contribution in [2.45, 2.75) is 18.8 Å². The van der Waals surface area contributed by atoms with Gasteiger partial charge in [0.05, 0.1) is 22.3 Å². The molecular weight excluding hydrogens is 423 g/mol. The molecule has 1 saturated carbocycles. The number of aromatic carboxylic acids is 1. The second kappa shape index (κ2) is 7.67. The Kier molecular flexibility index (Phi) is 4.93. The second-order valence-electron chi connectivity index (χ2n) is 8.17. The number of anilines is 1. The quantitative estimate of drug-likeness (QED) is 0.647. The number of benzene rings is 2. The molecule has 0 atom stereocenters. The average molecular weight is 443 g/mol. The van der Waals surface area contributed by atoms with E-state index in [-0.39, 0.29) is 22.5 Å². The molecule has 6 nitrogen and oxygen atoms in total. The summed E-state index contributed by atoms with van der Waals surface area (Å²) in [7, 11) is 0. The second-order valence-corrected chi connectivity index (χ2v) is 8.17. The van der Waals surface area contributed by atoms with Crippen LogP contribution in [0.1, 0.15) is 34.7 Å². The lowest BCUT2D eigenvalue weighted by Crippen LogP contribution is -2.44. The van der Waals surface area contributed by atoms with E-state index < -0.39 is 34.4 Å².